The minimum Gasteiger partial charge on any atom is -0.365 e. The van der Waals surface area contributed by atoms with E-state index in [1.165, 1.54) is 12.0 Å². The molecule has 43 heavy (non-hydrogen) atoms. The molecule has 2 amide bonds. The number of rotatable bonds is 4. The van der Waals surface area contributed by atoms with Gasteiger partial charge < -0.3 is 14.2 Å². The van der Waals surface area contributed by atoms with Gasteiger partial charge in [0.2, 0.25) is 0 Å². The van der Waals surface area contributed by atoms with Crippen LogP contribution in [-0.4, -0.2) is 54.0 Å². The van der Waals surface area contributed by atoms with Gasteiger partial charge >= 0.3 is 0 Å². The lowest BCUT2D eigenvalue weighted by Gasteiger charge is -2.39. The summed E-state index contributed by atoms with van der Waals surface area (Å²) in [7, 11) is -4.22. The molecule has 0 unspecified atom stereocenters. The first kappa shape index (κ1) is 27.1. The molecule has 9 nitrogen and oxygen atoms in total. The summed E-state index contributed by atoms with van der Waals surface area (Å²) in [4.78, 5) is 29.3. The number of carbonyl (C=O) groups excluding carboxylic acids is 2. The third-order valence-electron chi connectivity index (χ3n) is 10.1. The largest absolute Gasteiger partial charge is 0.365 e. The van der Waals surface area contributed by atoms with Crippen LogP contribution in [0.4, 0.5) is 0 Å². The number of morpholine rings is 1. The second-order valence-corrected chi connectivity index (χ2v) is 14.6. The summed E-state index contributed by atoms with van der Waals surface area (Å²) in [5, 5.41) is 6.16. The first-order valence-electron chi connectivity index (χ1n) is 15.4. The van der Waals surface area contributed by atoms with Crippen molar-refractivity contribution in [2.75, 3.05) is 13.1 Å². The maximum Gasteiger partial charge on any atom is 0.298 e. The first-order chi connectivity index (χ1) is 20.6. The van der Waals surface area contributed by atoms with Crippen molar-refractivity contribution in [3.05, 3.63) is 64.7 Å². The van der Waals surface area contributed by atoms with Crippen molar-refractivity contribution in [3.63, 3.8) is 0 Å². The molecule has 2 aliphatic heterocycles. The zero-order chi connectivity index (χ0) is 29.6. The summed E-state index contributed by atoms with van der Waals surface area (Å²) in [6.45, 7) is 1.60. The summed E-state index contributed by atoms with van der Waals surface area (Å²) in [5.74, 6) is -0.393. The topological polar surface area (TPSA) is 124 Å². The molecule has 2 aromatic carbocycles. The van der Waals surface area contributed by atoms with E-state index in [4.69, 9.17) is 9.88 Å². The van der Waals surface area contributed by atoms with Crippen LogP contribution >= 0.6 is 0 Å². The lowest BCUT2D eigenvalue weighted by atomic mass is 9.81. The van der Waals surface area contributed by atoms with Crippen molar-refractivity contribution < 1.29 is 22.7 Å². The van der Waals surface area contributed by atoms with Gasteiger partial charge in [-0.05, 0) is 73.8 Å². The Kier molecular flexibility index (Phi) is 6.00. The number of carbonyl (C=O) groups is 2. The van der Waals surface area contributed by atoms with Gasteiger partial charge in [0.25, 0.3) is 22.0 Å². The highest BCUT2D eigenvalue weighted by Crippen LogP contribution is 2.55. The molecular formula is C33H36N4O5S. The standard InChI is InChI=1S/C33H36N4O5S/c34-43(40,41)35-30(38)23-10-11-26-27(17-23)37-18-24(31(39)36-19-32(12-13-32)42-33(20-36)14-15-33)16-22-8-4-5-9-25(22)29(37)28(26)21-6-2-1-3-7-21/h4-5,8-11,16-17,21H,1-3,6-7,12-15,18-20H2,(H,35,38)(H2,34,40,41). The van der Waals surface area contributed by atoms with Gasteiger partial charge in [0.1, 0.15) is 0 Å². The van der Waals surface area contributed by atoms with E-state index in [1.54, 1.807) is 12.1 Å². The zero-order valence-electron chi connectivity index (χ0n) is 24.1. The third-order valence-corrected chi connectivity index (χ3v) is 10.5. The Morgan fingerprint density at radius 3 is 2.33 bits per heavy atom. The van der Waals surface area contributed by atoms with Gasteiger partial charge in [0, 0.05) is 27.6 Å². The van der Waals surface area contributed by atoms with E-state index in [-0.39, 0.29) is 22.7 Å². The number of benzene rings is 2. The summed E-state index contributed by atoms with van der Waals surface area (Å²) in [6.07, 6.45) is 11.8. The van der Waals surface area contributed by atoms with E-state index in [2.05, 4.69) is 16.7 Å². The summed E-state index contributed by atoms with van der Waals surface area (Å²) < 4.78 is 33.9. The number of aromatic nitrogens is 1. The molecule has 10 heteroatoms. The molecule has 3 aromatic rings. The minimum absolute atomic E-state index is 0.0349. The van der Waals surface area contributed by atoms with Gasteiger partial charge in [-0.15, -0.1) is 0 Å². The van der Waals surface area contributed by atoms with Crippen LogP contribution in [0.15, 0.2) is 48.0 Å². The fourth-order valence-corrected chi connectivity index (χ4v) is 8.13. The second kappa shape index (κ2) is 9.51. The molecule has 4 fully saturated rings. The molecule has 2 spiro atoms. The SMILES string of the molecule is NS(=O)(=O)NC(=O)c1ccc2c(C3CCCCC3)c3n(c2c1)CC(C(=O)N1CC2(CC2)OC2(CC2)C1)=Cc1ccccc1-3. The van der Waals surface area contributed by atoms with E-state index in [0.29, 0.717) is 31.1 Å². The lowest BCUT2D eigenvalue weighted by molar-refractivity contribution is -0.150. The Balaban J connectivity index is 1.28. The number of nitrogens with one attached hydrogen (secondary N) is 1. The van der Waals surface area contributed by atoms with Crippen molar-refractivity contribution in [3.8, 4) is 11.3 Å². The van der Waals surface area contributed by atoms with Crippen LogP contribution in [0.2, 0.25) is 0 Å². The van der Waals surface area contributed by atoms with Crippen LogP contribution in [0.3, 0.4) is 0 Å². The normalized spacial score (nSPS) is 22.1. The zero-order valence-corrected chi connectivity index (χ0v) is 24.9. The average molecular weight is 601 g/mol. The van der Waals surface area contributed by atoms with Gasteiger partial charge in [-0.2, -0.15) is 8.42 Å². The Hall–Kier alpha value is -3.47. The van der Waals surface area contributed by atoms with Crippen molar-refractivity contribution >= 4 is 39.0 Å². The molecule has 3 heterocycles. The molecule has 0 atom stereocenters. The van der Waals surface area contributed by atoms with Crippen LogP contribution in [-0.2, 0) is 26.3 Å². The molecule has 8 rings (SSSR count). The number of hydrogen-bond donors (Lipinski definition) is 2. The first-order valence-corrected chi connectivity index (χ1v) is 17.0. The van der Waals surface area contributed by atoms with Crippen molar-refractivity contribution in [2.24, 2.45) is 5.14 Å². The molecule has 1 saturated heterocycles. The van der Waals surface area contributed by atoms with Crippen LogP contribution in [0.5, 0.6) is 0 Å². The number of hydrogen-bond acceptors (Lipinski definition) is 5. The van der Waals surface area contributed by atoms with E-state index in [0.717, 1.165) is 79.1 Å². The van der Waals surface area contributed by atoms with Crippen LogP contribution in [0.1, 0.15) is 85.2 Å². The highest BCUT2D eigenvalue weighted by atomic mass is 32.2. The fourth-order valence-electron chi connectivity index (χ4n) is 7.76. The van der Waals surface area contributed by atoms with Gasteiger partial charge in [-0.1, -0.05) is 49.6 Å². The molecule has 0 radical (unpaired) electrons. The number of ether oxygens (including phenoxy) is 1. The third kappa shape index (κ3) is 4.80. The number of nitrogens with two attached hydrogens (primary N) is 1. The van der Waals surface area contributed by atoms with E-state index >= 15 is 0 Å². The molecule has 3 N–H and O–H groups in total. The van der Waals surface area contributed by atoms with Gasteiger partial charge in [0.15, 0.2) is 0 Å². The Labute approximate surface area is 251 Å². The molecule has 3 saturated carbocycles. The number of nitrogens with zero attached hydrogens (tertiary/aromatic N) is 2. The summed E-state index contributed by atoms with van der Waals surface area (Å²) in [6, 6.07) is 13.6. The predicted molar refractivity (Wildman–Crippen MR) is 163 cm³/mol. The molecular weight excluding hydrogens is 564 g/mol. The van der Waals surface area contributed by atoms with Crippen molar-refractivity contribution in [2.45, 2.75) is 81.5 Å². The number of fused-ring (bicyclic) bond motifs is 5. The van der Waals surface area contributed by atoms with Crippen molar-refractivity contribution in [1.29, 1.82) is 0 Å². The second-order valence-electron chi connectivity index (χ2n) is 13.3. The van der Waals surface area contributed by atoms with Crippen LogP contribution in [0, 0.1) is 0 Å². The van der Waals surface area contributed by atoms with Crippen LogP contribution < -0.4 is 9.86 Å². The Morgan fingerprint density at radius 2 is 1.65 bits per heavy atom. The molecule has 3 aliphatic carbocycles. The van der Waals surface area contributed by atoms with Crippen LogP contribution in [0.25, 0.3) is 28.2 Å². The van der Waals surface area contributed by atoms with E-state index in [1.807, 2.05) is 33.9 Å². The average Bonchev–Trinajstić information content (AvgIpc) is 3.90. The smallest absolute Gasteiger partial charge is 0.298 e. The maximum absolute atomic E-state index is 14.4. The van der Waals surface area contributed by atoms with E-state index in [9.17, 15) is 18.0 Å². The Morgan fingerprint density at radius 1 is 0.953 bits per heavy atom. The summed E-state index contributed by atoms with van der Waals surface area (Å²) in [5.41, 5.74) is 5.76. The highest BCUT2D eigenvalue weighted by molar-refractivity contribution is 7.87. The lowest BCUT2D eigenvalue weighted by Crippen LogP contribution is -2.53. The van der Waals surface area contributed by atoms with E-state index < -0.39 is 16.1 Å². The summed E-state index contributed by atoms with van der Waals surface area (Å²) >= 11 is 0. The van der Waals surface area contributed by atoms with Gasteiger partial charge in [-0.25, -0.2) is 9.86 Å². The van der Waals surface area contributed by atoms with Gasteiger partial charge in [-0.3, -0.25) is 9.59 Å². The molecule has 0 bridgehead atoms. The fraction of sp³-hybridized carbons (Fsp3) is 0.455. The minimum atomic E-state index is -4.22. The van der Waals surface area contributed by atoms with Gasteiger partial charge in [0.05, 0.1) is 36.5 Å². The quantitative estimate of drug-likeness (QED) is 0.453. The maximum atomic E-state index is 14.4. The number of amides is 2. The van der Waals surface area contributed by atoms with Crippen molar-refractivity contribution in [1.82, 2.24) is 14.2 Å². The monoisotopic (exact) mass is 600 g/mol. The molecule has 5 aliphatic rings. The highest BCUT2D eigenvalue weighted by Gasteiger charge is 2.61. The predicted octanol–water partition coefficient (Wildman–Crippen LogP) is 4.61. The Bertz CT molecular complexity index is 1810. The molecule has 1 aromatic heterocycles. The molecule has 224 valence electrons.